The number of hydrogen-bond acceptors (Lipinski definition) is 3. The Kier molecular flexibility index (Phi) is 2.19. The fraction of sp³-hybridized carbons (Fsp3) is 0.375. The molecule has 0 saturated carbocycles. The molecule has 1 unspecified atom stereocenters. The van der Waals surface area contributed by atoms with E-state index in [4.69, 9.17) is 0 Å². The molecule has 0 spiro atoms. The van der Waals surface area contributed by atoms with Crippen LogP contribution < -0.4 is 5.32 Å². The Balaban J connectivity index is 2.39. The molecule has 0 bridgehead atoms. The largest absolute Gasteiger partial charge is 0.494 e. The average Bonchev–Trinajstić information content (AvgIpc) is 2.49. The normalized spacial score (nSPS) is 27.4. The van der Waals surface area contributed by atoms with E-state index in [0.717, 1.165) is 18.5 Å². The fourth-order valence-electron chi connectivity index (χ4n) is 1.34. The van der Waals surface area contributed by atoms with Gasteiger partial charge < -0.3 is 10.4 Å². The molecule has 0 aliphatic carbocycles. The van der Waals surface area contributed by atoms with Crippen molar-refractivity contribution in [1.29, 1.82) is 0 Å². The van der Waals surface area contributed by atoms with Crippen LogP contribution in [0.4, 0.5) is 0 Å². The van der Waals surface area contributed by atoms with Gasteiger partial charge in [0, 0.05) is 12.1 Å². The number of nitrogens with one attached hydrogen (secondary N) is 1. The van der Waals surface area contributed by atoms with Crippen molar-refractivity contribution in [3.63, 3.8) is 0 Å². The van der Waals surface area contributed by atoms with Crippen molar-refractivity contribution in [1.82, 2.24) is 5.32 Å². The molecule has 2 rings (SSSR count). The van der Waals surface area contributed by atoms with Gasteiger partial charge in [0.15, 0.2) is 5.88 Å². The van der Waals surface area contributed by atoms with E-state index in [1.54, 1.807) is 0 Å². The van der Waals surface area contributed by atoms with Crippen molar-refractivity contribution in [2.45, 2.75) is 6.42 Å². The molecule has 0 aromatic carbocycles. The first-order valence-electron chi connectivity index (χ1n) is 3.80. The van der Waals surface area contributed by atoms with Gasteiger partial charge in [-0.2, -0.15) is 0 Å². The van der Waals surface area contributed by atoms with Crippen molar-refractivity contribution in [2.75, 3.05) is 12.8 Å². The first-order chi connectivity index (χ1) is 5.81. The molecular weight excluding hydrogens is 190 g/mol. The quantitative estimate of drug-likeness (QED) is 0.503. The molecular formula is C8H11NOS2. The highest BCUT2D eigenvalue weighted by molar-refractivity contribution is 8.84. The zero-order chi connectivity index (χ0) is 8.55. The van der Waals surface area contributed by atoms with Crippen molar-refractivity contribution in [3.05, 3.63) is 22.4 Å². The topological polar surface area (TPSA) is 32.3 Å². The SMILES string of the molecule is CSS1=CC2=C(O)NCCC2=C1. The summed E-state index contributed by atoms with van der Waals surface area (Å²) in [5.41, 5.74) is 2.34. The zero-order valence-electron chi connectivity index (χ0n) is 6.83. The van der Waals surface area contributed by atoms with E-state index in [9.17, 15) is 5.11 Å². The Labute approximate surface area is 78.1 Å². The maximum atomic E-state index is 9.48. The molecule has 12 heavy (non-hydrogen) atoms. The van der Waals surface area contributed by atoms with Gasteiger partial charge in [-0.15, -0.1) is 9.52 Å². The second kappa shape index (κ2) is 3.18. The number of aliphatic hydroxyl groups excluding tert-OH is 1. The van der Waals surface area contributed by atoms with Crippen LogP contribution in [0.25, 0.3) is 0 Å². The van der Waals surface area contributed by atoms with Crippen LogP contribution in [0.15, 0.2) is 22.4 Å². The third kappa shape index (κ3) is 1.29. The van der Waals surface area contributed by atoms with E-state index in [0.29, 0.717) is 5.88 Å². The first kappa shape index (κ1) is 8.26. The number of hydrogen-bond donors (Lipinski definition) is 2. The molecule has 0 aromatic heterocycles. The highest BCUT2D eigenvalue weighted by Gasteiger charge is 2.19. The van der Waals surface area contributed by atoms with Gasteiger partial charge in [0.2, 0.25) is 0 Å². The van der Waals surface area contributed by atoms with E-state index < -0.39 is 0 Å². The molecule has 1 atom stereocenters. The van der Waals surface area contributed by atoms with Crippen LogP contribution in [0.5, 0.6) is 0 Å². The average molecular weight is 201 g/mol. The Hall–Kier alpha value is -0.350. The number of fused-ring (bicyclic) bond motifs is 1. The number of allylic oxidation sites excluding steroid dienone is 1. The van der Waals surface area contributed by atoms with Gasteiger partial charge in [-0.05, 0) is 29.0 Å². The predicted molar refractivity (Wildman–Crippen MR) is 57.5 cm³/mol. The molecule has 0 radical (unpaired) electrons. The molecule has 0 aromatic rings. The Morgan fingerprint density at radius 2 is 2.50 bits per heavy atom. The lowest BCUT2D eigenvalue weighted by atomic mass is 10.0. The molecule has 2 N–H and O–H groups in total. The zero-order valence-corrected chi connectivity index (χ0v) is 8.47. The molecule has 2 aliphatic rings. The molecule has 2 aliphatic heterocycles. The van der Waals surface area contributed by atoms with E-state index in [2.05, 4.69) is 22.3 Å². The van der Waals surface area contributed by atoms with Crippen LogP contribution in [0.1, 0.15) is 6.42 Å². The second-order valence-electron chi connectivity index (χ2n) is 2.70. The number of aliphatic hydroxyl groups is 1. The molecule has 2 heterocycles. The van der Waals surface area contributed by atoms with Crippen molar-refractivity contribution >= 4 is 25.7 Å². The predicted octanol–water partition coefficient (Wildman–Crippen LogP) is 2.00. The van der Waals surface area contributed by atoms with E-state index in [1.807, 2.05) is 10.8 Å². The summed E-state index contributed by atoms with van der Waals surface area (Å²) in [5.74, 6) is 0.358. The van der Waals surface area contributed by atoms with Gasteiger partial charge in [-0.3, -0.25) is 0 Å². The van der Waals surface area contributed by atoms with Crippen molar-refractivity contribution < 1.29 is 5.11 Å². The minimum absolute atomic E-state index is 0.197. The van der Waals surface area contributed by atoms with E-state index in [-0.39, 0.29) is 9.52 Å². The Morgan fingerprint density at radius 3 is 3.17 bits per heavy atom. The second-order valence-corrected chi connectivity index (χ2v) is 6.31. The lowest BCUT2D eigenvalue weighted by molar-refractivity contribution is 0.355. The summed E-state index contributed by atoms with van der Waals surface area (Å²) >= 11 is 0. The molecule has 0 amide bonds. The summed E-state index contributed by atoms with van der Waals surface area (Å²) < 4.78 is 0. The van der Waals surface area contributed by atoms with Crippen LogP contribution in [0.3, 0.4) is 0 Å². The van der Waals surface area contributed by atoms with Crippen LogP contribution in [-0.2, 0) is 0 Å². The third-order valence-corrected chi connectivity index (χ3v) is 5.07. The summed E-state index contributed by atoms with van der Waals surface area (Å²) in [5, 5.41) is 16.8. The summed E-state index contributed by atoms with van der Waals surface area (Å²) in [6.07, 6.45) is 3.14. The minimum atomic E-state index is 0.197. The maximum absolute atomic E-state index is 9.48. The smallest absolute Gasteiger partial charge is 0.192 e. The van der Waals surface area contributed by atoms with Crippen LogP contribution in [0.2, 0.25) is 0 Å². The molecule has 2 nitrogen and oxygen atoms in total. The molecule has 66 valence electrons. The maximum Gasteiger partial charge on any atom is 0.192 e. The number of rotatable bonds is 1. The first-order valence-corrected chi connectivity index (χ1v) is 6.90. The summed E-state index contributed by atoms with van der Waals surface area (Å²) in [6, 6.07) is 0. The Bertz CT molecular complexity index is 304. The molecule has 4 heteroatoms. The minimum Gasteiger partial charge on any atom is -0.494 e. The Morgan fingerprint density at radius 1 is 1.67 bits per heavy atom. The highest BCUT2D eigenvalue weighted by atomic mass is 33.1. The van der Waals surface area contributed by atoms with Gasteiger partial charge in [0.05, 0.1) is 0 Å². The third-order valence-electron chi connectivity index (χ3n) is 1.97. The summed E-state index contributed by atoms with van der Waals surface area (Å²) in [7, 11) is 2.02. The summed E-state index contributed by atoms with van der Waals surface area (Å²) in [6.45, 7) is 0.862. The van der Waals surface area contributed by atoms with Crippen LogP contribution in [-0.4, -0.2) is 23.3 Å². The lowest BCUT2D eigenvalue weighted by Gasteiger charge is -2.15. The highest BCUT2D eigenvalue weighted by Crippen LogP contribution is 2.40. The lowest BCUT2D eigenvalue weighted by Crippen LogP contribution is -2.22. The fourth-order valence-corrected chi connectivity index (χ4v) is 3.83. The van der Waals surface area contributed by atoms with Gasteiger partial charge in [0.25, 0.3) is 0 Å². The van der Waals surface area contributed by atoms with Crippen LogP contribution in [0, 0.1) is 0 Å². The molecule has 0 saturated heterocycles. The van der Waals surface area contributed by atoms with Gasteiger partial charge in [-0.1, -0.05) is 10.8 Å². The monoisotopic (exact) mass is 201 g/mol. The molecule has 0 fully saturated rings. The van der Waals surface area contributed by atoms with Crippen molar-refractivity contribution in [2.24, 2.45) is 0 Å². The van der Waals surface area contributed by atoms with Crippen LogP contribution >= 0.6 is 20.3 Å². The van der Waals surface area contributed by atoms with Gasteiger partial charge >= 0.3 is 0 Å². The van der Waals surface area contributed by atoms with E-state index >= 15 is 0 Å². The van der Waals surface area contributed by atoms with Gasteiger partial charge in [0.1, 0.15) is 0 Å². The van der Waals surface area contributed by atoms with E-state index in [1.165, 1.54) is 5.57 Å². The van der Waals surface area contributed by atoms with Crippen molar-refractivity contribution in [3.8, 4) is 0 Å². The standard InChI is InChI=1S/C8H11NOS2/c1-11-12-4-6-2-3-9-8(10)7(6)5-12/h4-5,9-10H,2-3H2,1H3. The van der Waals surface area contributed by atoms with Gasteiger partial charge in [-0.25, -0.2) is 0 Å². The summed E-state index contributed by atoms with van der Waals surface area (Å²) in [4.78, 5) is 0.